The SMILES string of the molecule is [C-]#[N+]c1ccc2c(c1)c1ccccc1n2-c1ccncc1-c1cc(-c2nc(-c3cc(C(C)(C)C)cc(C(C)(C)C)c3)nc(-c3cc(C(C)(C)C)cc(C(C)(C)C)c3)n2)ccc1-n1c2ccccc2c2ccccc21. The van der Waals surface area contributed by atoms with Crippen LogP contribution in [0.5, 0.6) is 0 Å². The highest BCUT2D eigenvalue weighted by Crippen LogP contribution is 2.43. The lowest BCUT2D eigenvalue weighted by Crippen LogP contribution is -2.17. The summed E-state index contributed by atoms with van der Waals surface area (Å²) in [6.45, 7) is 35.1. The van der Waals surface area contributed by atoms with Gasteiger partial charge in [0.1, 0.15) is 0 Å². The first-order chi connectivity index (χ1) is 35.2. The van der Waals surface area contributed by atoms with Crippen molar-refractivity contribution >= 4 is 49.3 Å². The zero-order chi connectivity index (χ0) is 52.1. The third-order valence-corrected chi connectivity index (χ3v) is 14.7. The molecular formula is C67H63N7. The molecule has 366 valence electrons. The van der Waals surface area contributed by atoms with Crippen LogP contribution in [0.2, 0.25) is 0 Å². The van der Waals surface area contributed by atoms with Crippen molar-refractivity contribution in [3.05, 3.63) is 198 Å². The van der Waals surface area contributed by atoms with Crippen LogP contribution in [-0.4, -0.2) is 29.1 Å². The van der Waals surface area contributed by atoms with E-state index in [4.69, 9.17) is 26.5 Å². The number of para-hydroxylation sites is 3. The maximum atomic E-state index is 7.90. The summed E-state index contributed by atoms with van der Waals surface area (Å²) in [5, 5.41) is 4.45. The summed E-state index contributed by atoms with van der Waals surface area (Å²) in [7, 11) is 0. The lowest BCUT2D eigenvalue weighted by molar-refractivity contribution is 0.568. The second-order valence-corrected chi connectivity index (χ2v) is 24.1. The van der Waals surface area contributed by atoms with Crippen LogP contribution in [0.25, 0.3) is 105 Å². The van der Waals surface area contributed by atoms with Gasteiger partial charge in [0.15, 0.2) is 23.2 Å². The summed E-state index contributed by atoms with van der Waals surface area (Å²) in [6, 6.07) is 54.3. The zero-order valence-corrected chi connectivity index (χ0v) is 44.7. The Labute approximate surface area is 435 Å². The molecule has 4 aromatic heterocycles. The number of fused-ring (bicyclic) bond motifs is 6. The Hall–Kier alpha value is -8.21. The van der Waals surface area contributed by atoms with Crippen molar-refractivity contribution in [2.24, 2.45) is 0 Å². The molecule has 0 aliphatic heterocycles. The molecule has 7 aromatic carbocycles. The number of benzene rings is 7. The Morgan fingerprint density at radius 1 is 0.378 bits per heavy atom. The van der Waals surface area contributed by atoms with Crippen LogP contribution in [0, 0.1) is 6.57 Å². The van der Waals surface area contributed by atoms with E-state index in [0.717, 1.165) is 72.0 Å². The molecule has 0 fully saturated rings. The van der Waals surface area contributed by atoms with Crippen LogP contribution >= 0.6 is 0 Å². The fourth-order valence-electron chi connectivity index (χ4n) is 10.4. The Morgan fingerprint density at radius 3 is 1.23 bits per heavy atom. The summed E-state index contributed by atoms with van der Waals surface area (Å²) in [5.74, 6) is 1.82. The Morgan fingerprint density at radius 2 is 0.784 bits per heavy atom. The average molecular weight is 966 g/mol. The van der Waals surface area contributed by atoms with E-state index in [9.17, 15) is 0 Å². The van der Waals surface area contributed by atoms with Gasteiger partial charge in [-0.1, -0.05) is 156 Å². The van der Waals surface area contributed by atoms with E-state index >= 15 is 0 Å². The van der Waals surface area contributed by atoms with E-state index in [1.54, 1.807) is 0 Å². The maximum Gasteiger partial charge on any atom is 0.188 e. The van der Waals surface area contributed by atoms with Gasteiger partial charge < -0.3 is 9.13 Å². The van der Waals surface area contributed by atoms with E-state index in [1.165, 1.54) is 33.0 Å². The van der Waals surface area contributed by atoms with Gasteiger partial charge in [-0.25, -0.2) is 19.8 Å². The maximum absolute atomic E-state index is 7.90. The van der Waals surface area contributed by atoms with Crippen molar-refractivity contribution in [2.75, 3.05) is 0 Å². The third-order valence-electron chi connectivity index (χ3n) is 14.7. The van der Waals surface area contributed by atoms with E-state index in [2.05, 4.69) is 237 Å². The Balaban J connectivity index is 1.24. The first-order valence-electron chi connectivity index (χ1n) is 25.7. The minimum absolute atomic E-state index is 0.119. The highest BCUT2D eigenvalue weighted by Gasteiger charge is 2.27. The molecule has 0 saturated carbocycles. The number of pyridine rings is 1. The number of hydrogen-bond acceptors (Lipinski definition) is 4. The molecule has 0 N–H and O–H groups in total. The van der Waals surface area contributed by atoms with Crippen LogP contribution in [0.4, 0.5) is 5.69 Å². The van der Waals surface area contributed by atoms with Gasteiger partial charge in [0.2, 0.25) is 0 Å². The van der Waals surface area contributed by atoms with Crippen LogP contribution in [-0.2, 0) is 21.7 Å². The normalized spacial score (nSPS) is 12.6. The molecule has 0 saturated heterocycles. The van der Waals surface area contributed by atoms with E-state index in [-0.39, 0.29) is 21.7 Å². The molecule has 0 radical (unpaired) electrons. The van der Waals surface area contributed by atoms with Gasteiger partial charge in [0, 0.05) is 56.4 Å². The second kappa shape index (κ2) is 17.5. The largest absolute Gasteiger partial charge is 0.309 e. The highest BCUT2D eigenvalue weighted by atomic mass is 15.0. The fraction of sp³-hybridized carbons (Fsp3) is 0.239. The molecule has 7 nitrogen and oxygen atoms in total. The quantitative estimate of drug-likeness (QED) is 0.156. The molecule has 0 unspecified atom stereocenters. The molecule has 4 heterocycles. The van der Waals surface area contributed by atoms with E-state index < -0.39 is 0 Å². The van der Waals surface area contributed by atoms with Crippen LogP contribution in [0.15, 0.2) is 164 Å². The summed E-state index contributed by atoms with van der Waals surface area (Å²) in [4.78, 5) is 25.2. The molecule has 7 heteroatoms. The van der Waals surface area contributed by atoms with Crippen LogP contribution < -0.4 is 0 Å². The number of rotatable bonds is 6. The summed E-state index contributed by atoms with van der Waals surface area (Å²) in [6.07, 6.45) is 3.86. The van der Waals surface area contributed by atoms with E-state index in [1.807, 2.05) is 24.5 Å². The molecule has 0 aliphatic carbocycles. The Bertz CT molecular complexity index is 3860. The number of nitrogens with zero attached hydrogens (tertiary/aromatic N) is 7. The molecule has 74 heavy (non-hydrogen) atoms. The molecule has 0 aliphatic rings. The first kappa shape index (κ1) is 48.1. The Kier molecular flexibility index (Phi) is 11.4. The zero-order valence-electron chi connectivity index (χ0n) is 44.7. The van der Waals surface area contributed by atoms with Crippen molar-refractivity contribution in [3.8, 4) is 56.7 Å². The van der Waals surface area contributed by atoms with Crippen molar-refractivity contribution < 1.29 is 0 Å². The number of aromatic nitrogens is 6. The first-order valence-corrected chi connectivity index (χ1v) is 25.7. The molecule has 0 spiro atoms. The fourth-order valence-corrected chi connectivity index (χ4v) is 10.4. The molecule has 11 aromatic rings. The molecule has 0 amide bonds. The van der Waals surface area contributed by atoms with Crippen molar-refractivity contribution in [3.63, 3.8) is 0 Å². The summed E-state index contributed by atoms with van der Waals surface area (Å²) < 4.78 is 4.71. The summed E-state index contributed by atoms with van der Waals surface area (Å²) in [5.41, 5.74) is 15.9. The van der Waals surface area contributed by atoms with Gasteiger partial charge in [-0.15, -0.1) is 0 Å². The topological polar surface area (TPSA) is 65.8 Å². The molecular weight excluding hydrogens is 903 g/mol. The highest BCUT2D eigenvalue weighted by molar-refractivity contribution is 6.12. The molecule has 0 atom stereocenters. The summed E-state index contributed by atoms with van der Waals surface area (Å²) >= 11 is 0. The smallest absolute Gasteiger partial charge is 0.188 e. The minimum Gasteiger partial charge on any atom is -0.309 e. The second-order valence-electron chi connectivity index (χ2n) is 24.1. The number of hydrogen-bond donors (Lipinski definition) is 0. The van der Waals surface area contributed by atoms with Crippen LogP contribution in [0.1, 0.15) is 105 Å². The van der Waals surface area contributed by atoms with Crippen molar-refractivity contribution in [2.45, 2.75) is 105 Å². The van der Waals surface area contributed by atoms with Gasteiger partial charge in [-0.05, 0) is 128 Å². The lowest BCUT2D eigenvalue weighted by Gasteiger charge is -2.26. The van der Waals surface area contributed by atoms with Crippen LogP contribution in [0.3, 0.4) is 0 Å². The van der Waals surface area contributed by atoms with Crippen molar-refractivity contribution in [1.82, 2.24) is 29.1 Å². The van der Waals surface area contributed by atoms with Gasteiger partial charge in [0.25, 0.3) is 0 Å². The molecule has 11 rings (SSSR count). The predicted molar refractivity (Wildman–Crippen MR) is 309 cm³/mol. The van der Waals surface area contributed by atoms with Gasteiger partial charge in [-0.2, -0.15) is 0 Å². The monoisotopic (exact) mass is 966 g/mol. The predicted octanol–water partition coefficient (Wildman–Crippen LogP) is 17.9. The van der Waals surface area contributed by atoms with Crippen molar-refractivity contribution in [1.29, 1.82) is 0 Å². The van der Waals surface area contributed by atoms with Gasteiger partial charge >= 0.3 is 0 Å². The minimum atomic E-state index is -0.119. The third kappa shape index (κ3) is 8.52. The standard InChI is InChI=1S/C67H63N7/c1-64(2,3)44-32-42(33-45(37-44)65(4,5)6)62-70-61(71-63(72-62)43-34-46(66(7,8)9)38-47(35-43)67(10,11)12)41-26-28-58(73-55-23-17-14-20-49(55)50-21-15-18-24-56(50)73)52(36-41)54-40-69-31-30-60(54)74-57-25-19-16-22-51(57)53-39-48(68-13)27-29-59(53)74/h14-40H,1-12H3. The average Bonchev–Trinajstić information content (AvgIpc) is 3.89. The van der Waals surface area contributed by atoms with E-state index in [0.29, 0.717) is 23.2 Å². The van der Waals surface area contributed by atoms with Gasteiger partial charge in [-0.3, -0.25) is 4.98 Å². The lowest BCUT2D eigenvalue weighted by atomic mass is 9.79. The van der Waals surface area contributed by atoms with Gasteiger partial charge in [0.05, 0.1) is 40.0 Å². The molecule has 0 bridgehead atoms.